The summed E-state index contributed by atoms with van der Waals surface area (Å²) < 4.78 is 12.7. The first-order valence-corrected chi connectivity index (χ1v) is 4.42. The minimum absolute atomic E-state index is 0.398. The standard InChI is InChI=1S/C7H9FN2S/c1-2-5-11-7-6(8)9-3-4-10-7/h3-4H,2,5H2,1H3. The smallest absolute Gasteiger partial charge is 0.243 e. The van der Waals surface area contributed by atoms with Crippen molar-refractivity contribution in [3.8, 4) is 0 Å². The largest absolute Gasteiger partial charge is 0.245 e. The van der Waals surface area contributed by atoms with Gasteiger partial charge in [-0.1, -0.05) is 6.92 Å². The summed E-state index contributed by atoms with van der Waals surface area (Å²) in [4.78, 5) is 7.32. The van der Waals surface area contributed by atoms with Gasteiger partial charge < -0.3 is 0 Å². The lowest BCUT2D eigenvalue weighted by Gasteiger charge is -1.97. The van der Waals surface area contributed by atoms with Crippen molar-refractivity contribution < 1.29 is 4.39 Å². The SMILES string of the molecule is CCCSc1nccnc1F. The Morgan fingerprint density at radius 3 is 2.82 bits per heavy atom. The fourth-order valence-corrected chi connectivity index (χ4v) is 1.31. The fourth-order valence-electron chi connectivity index (χ4n) is 0.604. The zero-order valence-corrected chi connectivity index (χ0v) is 7.07. The van der Waals surface area contributed by atoms with Gasteiger partial charge in [0.05, 0.1) is 0 Å². The van der Waals surface area contributed by atoms with Crippen LogP contribution < -0.4 is 0 Å². The quantitative estimate of drug-likeness (QED) is 0.653. The van der Waals surface area contributed by atoms with E-state index in [9.17, 15) is 4.39 Å². The molecule has 0 spiro atoms. The first-order chi connectivity index (χ1) is 5.34. The fraction of sp³-hybridized carbons (Fsp3) is 0.429. The molecular formula is C7H9FN2S. The number of halogens is 1. The molecule has 0 bridgehead atoms. The zero-order valence-electron chi connectivity index (χ0n) is 6.25. The molecule has 1 aromatic rings. The van der Waals surface area contributed by atoms with Crippen molar-refractivity contribution in [2.45, 2.75) is 18.4 Å². The van der Waals surface area contributed by atoms with Gasteiger partial charge in [0, 0.05) is 12.4 Å². The predicted octanol–water partition coefficient (Wildman–Crippen LogP) is 2.12. The summed E-state index contributed by atoms with van der Waals surface area (Å²) >= 11 is 1.40. The lowest BCUT2D eigenvalue weighted by atomic mass is 10.6. The minimum Gasteiger partial charge on any atom is -0.243 e. The van der Waals surface area contributed by atoms with Crippen LogP contribution in [0.2, 0.25) is 0 Å². The third-order valence-corrected chi connectivity index (χ3v) is 2.23. The molecule has 0 unspecified atom stereocenters. The van der Waals surface area contributed by atoms with Gasteiger partial charge in [-0.3, -0.25) is 0 Å². The second-order valence-electron chi connectivity index (χ2n) is 2.00. The average Bonchev–Trinajstić information content (AvgIpc) is 2.03. The van der Waals surface area contributed by atoms with Crippen molar-refractivity contribution in [2.24, 2.45) is 0 Å². The molecule has 11 heavy (non-hydrogen) atoms. The first kappa shape index (κ1) is 8.46. The van der Waals surface area contributed by atoms with Crippen LogP contribution in [0.5, 0.6) is 0 Å². The molecule has 0 fully saturated rings. The molecule has 0 saturated carbocycles. The Labute approximate surface area is 69.3 Å². The van der Waals surface area contributed by atoms with E-state index in [2.05, 4.69) is 9.97 Å². The molecule has 0 saturated heterocycles. The van der Waals surface area contributed by atoms with E-state index in [1.165, 1.54) is 24.2 Å². The summed E-state index contributed by atoms with van der Waals surface area (Å²) in [7, 11) is 0. The maximum Gasteiger partial charge on any atom is 0.245 e. The molecule has 2 nitrogen and oxygen atoms in total. The van der Waals surface area contributed by atoms with Crippen molar-refractivity contribution in [2.75, 3.05) is 5.75 Å². The van der Waals surface area contributed by atoms with Crippen LogP contribution in [0.3, 0.4) is 0 Å². The number of aromatic nitrogens is 2. The lowest BCUT2D eigenvalue weighted by molar-refractivity contribution is 0.542. The van der Waals surface area contributed by atoms with Crippen LogP contribution in [0.25, 0.3) is 0 Å². The first-order valence-electron chi connectivity index (χ1n) is 3.44. The maximum absolute atomic E-state index is 12.7. The van der Waals surface area contributed by atoms with Crippen molar-refractivity contribution in [3.05, 3.63) is 18.3 Å². The van der Waals surface area contributed by atoms with E-state index in [4.69, 9.17) is 0 Å². The van der Waals surface area contributed by atoms with Crippen LogP contribution in [0.1, 0.15) is 13.3 Å². The number of hydrogen-bond donors (Lipinski definition) is 0. The molecule has 1 aromatic heterocycles. The topological polar surface area (TPSA) is 25.8 Å². The highest BCUT2D eigenvalue weighted by Gasteiger charge is 2.02. The Morgan fingerprint density at radius 2 is 2.18 bits per heavy atom. The molecule has 0 aliphatic heterocycles. The van der Waals surface area contributed by atoms with Gasteiger partial charge in [0.1, 0.15) is 0 Å². The molecule has 1 rings (SSSR count). The molecule has 4 heteroatoms. The highest BCUT2D eigenvalue weighted by molar-refractivity contribution is 7.99. The van der Waals surface area contributed by atoms with E-state index in [0.717, 1.165) is 12.2 Å². The summed E-state index contributed by atoms with van der Waals surface area (Å²) in [5, 5.41) is 0.398. The molecule has 0 aliphatic carbocycles. The minimum atomic E-state index is -0.467. The summed E-state index contributed by atoms with van der Waals surface area (Å²) in [5.74, 6) is 0.418. The van der Waals surface area contributed by atoms with E-state index in [0.29, 0.717) is 5.03 Å². The summed E-state index contributed by atoms with van der Waals surface area (Å²) in [6.07, 6.45) is 3.87. The summed E-state index contributed by atoms with van der Waals surface area (Å²) in [6.45, 7) is 2.04. The second-order valence-corrected chi connectivity index (χ2v) is 3.08. The number of rotatable bonds is 3. The molecule has 1 heterocycles. The van der Waals surface area contributed by atoms with Crippen molar-refractivity contribution >= 4 is 11.8 Å². The van der Waals surface area contributed by atoms with Crippen molar-refractivity contribution in [1.29, 1.82) is 0 Å². The van der Waals surface area contributed by atoms with Crippen molar-refractivity contribution in [1.82, 2.24) is 9.97 Å². The van der Waals surface area contributed by atoms with Gasteiger partial charge in [0.25, 0.3) is 0 Å². The molecule has 0 aliphatic rings. The van der Waals surface area contributed by atoms with Gasteiger partial charge in [0.15, 0.2) is 5.03 Å². The molecule has 0 radical (unpaired) electrons. The van der Waals surface area contributed by atoms with E-state index in [1.54, 1.807) is 0 Å². The van der Waals surface area contributed by atoms with Crippen LogP contribution in [0.15, 0.2) is 17.4 Å². The number of hydrogen-bond acceptors (Lipinski definition) is 3. The van der Waals surface area contributed by atoms with Crippen LogP contribution >= 0.6 is 11.8 Å². The summed E-state index contributed by atoms with van der Waals surface area (Å²) in [5.41, 5.74) is 0. The monoisotopic (exact) mass is 172 g/mol. The van der Waals surface area contributed by atoms with Crippen LogP contribution in [-0.2, 0) is 0 Å². The Hall–Kier alpha value is -0.640. The zero-order chi connectivity index (χ0) is 8.10. The van der Waals surface area contributed by atoms with Gasteiger partial charge in [-0.15, -0.1) is 11.8 Å². The Balaban J connectivity index is 2.62. The normalized spacial score (nSPS) is 10.0. The molecular weight excluding hydrogens is 163 g/mol. The van der Waals surface area contributed by atoms with E-state index >= 15 is 0 Å². The Bertz CT molecular complexity index is 229. The average molecular weight is 172 g/mol. The predicted molar refractivity (Wildman–Crippen MR) is 43.0 cm³/mol. The molecule has 0 amide bonds. The lowest BCUT2D eigenvalue weighted by Crippen LogP contribution is -1.90. The number of thioether (sulfide) groups is 1. The Morgan fingerprint density at radius 1 is 1.45 bits per heavy atom. The molecule has 0 atom stereocenters. The third-order valence-electron chi connectivity index (χ3n) is 1.07. The van der Waals surface area contributed by atoms with E-state index in [1.807, 2.05) is 6.92 Å². The highest BCUT2D eigenvalue weighted by atomic mass is 32.2. The molecule has 60 valence electrons. The Kier molecular flexibility index (Phi) is 3.29. The third kappa shape index (κ3) is 2.46. The summed E-state index contributed by atoms with van der Waals surface area (Å²) in [6, 6.07) is 0. The molecule has 0 aromatic carbocycles. The van der Waals surface area contributed by atoms with Gasteiger partial charge in [-0.25, -0.2) is 9.97 Å². The van der Waals surface area contributed by atoms with Crippen molar-refractivity contribution in [3.63, 3.8) is 0 Å². The van der Waals surface area contributed by atoms with E-state index in [-0.39, 0.29) is 0 Å². The number of nitrogens with zero attached hydrogens (tertiary/aromatic N) is 2. The second kappa shape index (κ2) is 4.28. The van der Waals surface area contributed by atoms with Gasteiger partial charge in [-0.2, -0.15) is 4.39 Å². The van der Waals surface area contributed by atoms with Gasteiger partial charge >= 0.3 is 0 Å². The van der Waals surface area contributed by atoms with Gasteiger partial charge in [-0.05, 0) is 12.2 Å². The molecule has 0 N–H and O–H groups in total. The van der Waals surface area contributed by atoms with Gasteiger partial charge in [0.2, 0.25) is 5.95 Å². The van der Waals surface area contributed by atoms with E-state index < -0.39 is 5.95 Å². The maximum atomic E-state index is 12.7. The van der Waals surface area contributed by atoms with Crippen LogP contribution in [0, 0.1) is 5.95 Å². The highest BCUT2D eigenvalue weighted by Crippen LogP contribution is 2.16. The van der Waals surface area contributed by atoms with Crippen LogP contribution in [-0.4, -0.2) is 15.7 Å². The van der Waals surface area contributed by atoms with Crippen LogP contribution in [0.4, 0.5) is 4.39 Å².